The predicted octanol–water partition coefficient (Wildman–Crippen LogP) is 6.44. The molecule has 0 saturated heterocycles. The molecule has 0 bridgehead atoms. The van der Waals surface area contributed by atoms with Crippen molar-refractivity contribution in [3.05, 3.63) is 103 Å². The van der Waals surface area contributed by atoms with Gasteiger partial charge in [0.1, 0.15) is 0 Å². The standard InChI is InChI=1S/C28H24N2OS/c31-26(19-22-13-8-12-20-9-4-5-14-23(20)22)29-17-18-32-28-24-15-6-7-16-25(24)30-27(28)21-10-2-1-3-11-21/h1-16,30H,17-19H2,(H,29,31). The Morgan fingerprint density at radius 2 is 1.50 bits per heavy atom. The lowest BCUT2D eigenvalue weighted by atomic mass is 10.0. The van der Waals surface area contributed by atoms with Crippen molar-refractivity contribution in [3.63, 3.8) is 0 Å². The summed E-state index contributed by atoms with van der Waals surface area (Å²) in [5, 5.41) is 6.63. The summed E-state index contributed by atoms with van der Waals surface area (Å²) < 4.78 is 0. The molecule has 4 heteroatoms. The molecule has 5 rings (SSSR count). The van der Waals surface area contributed by atoms with Crippen LogP contribution in [0.4, 0.5) is 0 Å². The number of aromatic amines is 1. The van der Waals surface area contributed by atoms with Gasteiger partial charge in [0.25, 0.3) is 0 Å². The Labute approximate surface area is 191 Å². The van der Waals surface area contributed by atoms with E-state index in [1.54, 1.807) is 11.8 Å². The number of amides is 1. The number of para-hydroxylation sites is 1. The predicted molar refractivity (Wildman–Crippen MR) is 135 cm³/mol. The van der Waals surface area contributed by atoms with Crippen LogP contribution >= 0.6 is 11.8 Å². The Balaban J connectivity index is 1.25. The number of thioether (sulfide) groups is 1. The molecule has 0 fully saturated rings. The zero-order chi connectivity index (χ0) is 21.8. The lowest BCUT2D eigenvalue weighted by molar-refractivity contribution is -0.120. The Bertz CT molecular complexity index is 1370. The van der Waals surface area contributed by atoms with Gasteiger partial charge in [-0.3, -0.25) is 4.79 Å². The lowest BCUT2D eigenvalue weighted by Crippen LogP contribution is -2.27. The number of fused-ring (bicyclic) bond motifs is 2. The van der Waals surface area contributed by atoms with Crippen LogP contribution in [0, 0.1) is 0 Å². The van der Waals surface area contributed by atoms with E-state index in [9.17, 15) is 4.79 Å². The minimum atomic E-state index is 0.0594. The lowest BCUT2D eigenvalue weighted by Gasteiger charge is -2.09. The van der Waals surface area contributed by atoms with Gasteiger partial charge in [0.15, 0.2) is 0 Å². The minimum absolute atomic E-state index is 0.0594. The number of hydrogen-bond donors (Lipinski definition) is 2. The van der Waals surface area contributed by atoms with E-state index >= 15 is 0 Å². The molecule has 0 unspecified atom stereocenters. The highest BCUT2D eigenvalue weighted by Crippen LogP contribution is 2.37. The van der Waals surface area contributed by atoms with Crippen molar-refractivity contribution in [2.24, 2.45) is 0 Å². The van der Waals surface area contributed by atoms with Crippen molar-refractivity contribution < 1.29 is 4.79 Å². The maximum absolute atomic E-state index is 12.6. The highest BCUT2D eigenvalue weighted by atomic mass is 32.2. The van der Waals surface area contributed by atoms with Gasteiger partial charge in [-0.15, -0.1) is 11.8 Å². The zero-order valence-electron chi connectivity index (χ0n) is 17.7. The van der Waals surface area contributed by atoms with Gasteiger partial charge >= 0.3 is 0 Å². The normalized spacial score (nSPS) is 11.1. The average molecular weight is 437 g/mol. The molecule has 3 nitrogen and oxygen atoms in total. The van der Waals surface area contributed by atoms with Gasteiger partial charge in [0.05, 0.1) is 12.1 Å². The largest absolute Gasteiger partial charge is 0.355 e. The van der Waals surface area contributed by atoms with Crippen LogP contribution in [0.2, 0.25) is 0 Å². The molecule has 0 spiro atoms. The zero-order valence-corrected chi connectivity index (χ0v) is 18.5. The molecule has 0 aliphatic carbocycles. The number of benzene rings is 4. The van der Waals surface area contributed by atoms with Gasteiger partial charge < -0.3 is 10.3 Å². The second-order valence-electron chi connectivity index (χ2n) is 7.75. The molecule has 0 aliphatic rings. The average Bonchev–Trinajstić information content (AvgIpc) is 3.21. The third-order valence-corrected chi connectivity index (χ3v) is 6.74. The molecule has 0 radical (unpaired) electrons. The third kappa shape index (κ3) is 4.27. The number of hydrogen-bond acceptors (Lipinski definition) is 2. The van der Waals surface area contributed by atoms with Gasteiger partial charge in [-0.2, -0.15) is 0 Å². The van der Waals surface area contributed by atoms with Crippen LogP contribution in [0.25, 0.3) is 32.9 Å². The van der Waals surface area contributed by atoms with Crippen LogP contribution in [-0.2, 0) is 11.2 Å². The van der Waals surface area contributed by atoms with Gasteiger partial charge in [0.2, 0.25) is 5.91 Å². The first-order valence-electron chi connectivity index (χ1n) is 10.8. The highest BCUT2D eigenvalue weighted by Gasteiger charge is 2.13. The van der Waals surface area contributed by atoms with Crippen molar-refractivity contribution in [2.75, 3.05) is 12.3 Å². The Morgan fingerprint density at radius 1 is 0.781 bits per heavy atom. The molecular formula is C28H24N2OS. The molecule has 1 aromatic heterocycles. The smallest absolute Gasteiger partial charge is 0.224 e. The Hall–Kier alpha value is -3.50. The van der Waals surface area contributed by atoms with Crippen LogP contribution in [0.5, 0.6) is 0 Å². The fourth-order valence-corrected chi connectivity index (χ4v) is 5.15. The molecule has 0 atom stereocenters. The van der Waals surface area contributed by atoms with E-state index in [0.717, 1.165) is 27.9 Å². The number of rotatable bonds is 7. The van der Waals surface area contributed by atoms with Crippen molar-refractivity contribution >= 4 is 39.3 Å². The fraction of sp³-hybridized carbons (Fsp3) is 0.107. The molecular weight excluding hydrogens is 412 g/mol. The van der Waals surface area contributed by atoms with Crippen LogP contribution in [0.15, 0.2) is 102 Å². The van der Waals surface area contributed by atoms with Gasteiger partial charge in [-0.05, 0) is 28.0 Å². The van der Waals surface area contributed by atoms with E-state index in [2.05, 4.69) is 77.0 Å². The Morgan fingerprint density at radius 3 is 2.38 bits per heavy atom. The summed E-state index contributed by atoms with van der Waals surface area (Å²) in [6.07, 6.45) is 0.397. The maximum atomic E-state index is 12.6. The summed E-state index contributed by atoms with van der Waals surface area (Å²) in [5.41, 5.74) is 4.51. The van der Waals surface area contributed by atoms with Gasteiger partial charge in [-0.1, -0.05) is 91.0 Å². The van der Waals surface area contributed by atoms with E-state index in [1.807, 2.05) is 30.3 Å². The van der Waals surface area contributed by atoms with Gasteiger partial charge in [-0.25, -0.2) is 0 Å². The van der Waals surface area contributed by atoms with Gasteiger partial charge in [0, 0.05) is 28.1 Å². The van der Waals surface area contributed by atoms with E-state index in [4.69, 9.17) is 0 Å². The van der Waals surface area contributed by atoms with E-state index in [-0.39, 0.29) is 5.91 Å². The van der Waals surface area contributed by atoms with Crippen molar-refractivity contribution in [1.29, 1.82) is 0 Å². The molecule has 4 aromatic carbocycles. The van der Waals surface area contributed by atoms with Crippen LogP contribution in [0.1, 0.15) is 5.56 Å². The highest BCUT2D eigenvalue weighted by molar-refractivity contribution is 7.99. The molecule has 0 saturated carbocycles. The summed E-state index contributed by atoms with van der Waals surface area (Å²) in [7, 11) is 0. The Kier molecular flexibility index (Phi) is 5.95. The quantitative estimate of drug-likeness (QED) is 0.228. The summed E-state index contributed by atoms with van der Waals surface area (Å²) in [5.74, 6) is 0.868. The summed E-state index contributed by atoms with van der Waals surface area (Å²) in [6.45, 7) is 0.627. The third-order valence-electron chi connectivity index (χ3n) is 5.62. The molecule has 5 aromatic rings. The molecule has 1 heterocycles. The second-order valence-corrected chi connectivity index (χ2v) is 8.86. The van der Waals surface area contributed by atoms with Crippen LogP contribution in [0.3, 0.4) is 0 Å². The monoisotopic (exact) mass is 436 g/mol. The number of aromatic nitrogens is 1. The van der Waals surface area contributed by atoms with Crippen LogP contribution in [-0.4, -0.2) is 23.2 Å². The summed E-state index contributed by atoms with van der Waals surface area (Å²) in [6, 6.07) is 33.1. The molecule has 0 aliphatic heterocycles. The number of carbonyl (C=O) groups excluding carboxylic acids is 1. The summed E-state index contributed by atoms with van der Waals surface area (Å²) >= 11 is 1.78. The van der Waals surface area contributed by atoms with Crippen molar-refractivity contribution in [2.45, 2.75) is 11.3 Å². The maximum Gasteiger partial charge on any atom is 0.224 e. The SMILES string of the molecule is O=C(Cc1cccc2ccccc12)NCCSc1c(-c2ccccc2)[nH]c2ccccc12. The molecule has 2 N–H and O–H groups in total. The topological polar surface area (TPSA) is 44.9 Å². The number of H-pyrrole nitrogens is 1. The minimum Gasteiger partial charge on any atom is -0.355 e. The number of carbonyl (C=O) groups is 1. The van der Waals surface area contributed by atoms with E-state index in [0.29, 0.717) is 13.0 Å². The first kappa shape index (κ1) is 20.4. The molecule has 32 heavy (non-hydrogen) atoms. The van der Waals surface area contributed by atoms with E-state index < -0.39 is 0 Å². The second kappa shape index (κ2) is 9.33. The van der Waals surface area contributed by atoms with Crippen molar-refractivity contribution in [1.82, 2.24) is 10.3 Å². The fourth-order valence-electron chi connectivity index (χ4n) is 4.10. The summed E-state index contributed by atoms with van der Waals surface area (Å²) in [4.78, 5) is 17.4. The molecule has 1 amide bonds. The first-order valence-corrected chi connectivity index (χ1v) is 11.8. The van der Waals surface area contributed by atoms with E-state index in [1.165, 1.54) is 21.2 Å². The van der Waals surface area contributed by atoms with Crippen LogP contribution < -0.4 is 5.32 Å². The first-order chi connectivity index (χ1) is 15.8. The van der Waals surface area contributed by atoms with Crippen molar-refractivity contribution in [3.8, 4) is 11.3 Å². The molecule has 158 valence electrons. The number of nitrogens with one attached hydrogen (secondary N) is 2.